The van der Waals surface area contributed by atoms with Gasteiger partial charge in [-0.3, -0.25) is 14.4 Å². The minimum Gasteiger partial charge on any atom is -0.493 e. The number of halogens is 1. The number of benzene rings is 2. The smallest absolute Gasteiger partial charge is 0.255 e. The maximum Gasteiger partial charge on any atom is 0.255 e. The van der Waals surface area contributed by atoms with Gasteiger partial charge in [-0.25, -0.2) is 0 Å². The van der Waals surface area contributed by atoms with Crippen LogP contribution in [0.2, 0.25) is 5.02 Å². The molecule has 0 fully saturated rings. The number of nitrogens with two attached hydrogens (primary N) is 1. The standard InChI is InChI=1S/C20H20ClN3O5S/c1-28-15-6-11(2-4-14(15)29-10-18(22)25)9-23-19(26)8-17-20(27)24-13-7-12(21)3-5-16(13)30-17/h2-7,17H,8-10H2,1H3,(H2,22,25)(H,23,26)(H,24,27). The highest BCUT2D eigenvalue weighted by Crippen LogP contribution is 2.38. The Morgan fingerprint density at radius 2 is 2.03 bits per heavy atom. The first-order valence-corrected chi connectivity index (χ1v) is 10.2. The van der Waals surface area contributed by atoms with Gasteiger partial charge < -0.3 is 25.8 Å². The highest BCUT2D eigenvalue weighted by atomic mass is 35.5. The first kappa shape index (κ1) is 21.8. The molecule has 0 spiro atoms. The van der Waals surface area contributed by atoms with Crippen molar-refractivity contribution in [2.45, 2.75) is 23.1 Å². The molecule has 3 amide bonds. The van der Waals surface area contributed by atoms with E-state index in [-0.39, 0.29) is 31.4 Å². The van der Waals surface area contributed by atoms with Crippen LogP contribution in [0.15, 0.2) is 41.3 Å². The molecule has 1 unspecified atom stereocenters. The second-order valence-electron chi connectivity index (χ2n) is 6.46. The Morgan fingerprint density at radius 3 is 2.77 bits per heavy atom. The third kappa shape index (κ3) is 5.58. The molecule has 1 aliphatic rings. The van der Waals surface area contributed by atoms with Crippen LogP contribution in [0.25, 0.3) is 0 Å². The number of thioether (sulfide) groups is 1. The van der Waals surface area contributed by atoms with Crippen LogP contribution < -0.4 is 25.8 Å². The maximum atomic E-state index is 12.4. The van der Waals surface area contributed by atoms with E-state index in [0.29, 0.717) is 22.2 Å². The molecule has 1 atom stereocenters. The first-order valence-electron chi connectivity index (χ1n) is 8.97. The fourth-order valence-corrected chi connectivity index (χ4v) is 4.05. The number of carbonyl (C=O) groups excluding carboxylic acids is 3. The van der Waals surface area contributed by atoms with Crippen molar-refractivity contribution in [2.75, 3.05) is 19.0 Å². The Morgan fingerprint density at radius 1 is 1.23 bits per heavy atom. The number of anilines is 1. The summed E-state index contributed by atoms with van der Waals surface area (Å²) in [6.07, 6.45) is 0.0372. The van der Waals surface area contributed by atoms with E-state index in [4.69, 9.17) is 26.8 Å². The van der Waals surface area contributed by atoms with Crippen molar-refractivity contribution in [2.24, 2.45) is 5.73 Å². The van der Waals surface area contributed by atoms with Gasteiger partial charge in [-0.05, 0) is 35.9 Å². The lowest BCUT2D eigenvalue weighted by molar-refractivity contribution is -0.124. The van der Waals surface area contributed by atoms with Crippen LogP contribution in [0, 0.1) is 0 Å². The summed E-state index contributed by atoms with van der Waals surface area (Å²) in [4.78, 5) is 36.4. The summed E-state index contributed by atoms with van der Waals surface area (Å²) in [6, 6.07) is 10.3. The zero-order valence-corrected chi connectivity index (χ0v) is 17.6. The number of carbonyl (C=O) groups is 3. The van der Waals surface area contributed by atoms with Crippen LogP contribution in [-0.4, -0.2) is 36.7 Å². The van der Waals surface area contributed by atoms with Crippen molar-refractivity contribution in [1.82, 2.24) is 5.32 Å². The van der Waals surface area contributed by atoms with Crippen LogP contribution >= 0.6 is 23.4 Å². The van der Waals surface area contributed by atoms with Crippen molar-refractivity contribution in [3.63, 3.8) is 0 Å². The van der Waals surface area contributed by atoms with Crippen molar-refractivity contribution < 1.29 is 23.9 Å². The summed E-state index contributed by atoms with van der Waals surface area (Å²) in [5.41, 5.74) is 6.50. The first-order chi connectivity index (χ1) is 14.4. The van der Waals surface area contributed by atoms with Crippen LogP contribution in [0.3, 0.4) is 0 Å². The summed E-state index contributed by atoms with van der Waals surface area (Å²) in [5, 5.41) is 5.59. The second-order valence-corrected chi connectivity index (χ2v) is 8.14. The van der Waals surface area contributed by atoms with Crippen molar-refractivity contribution >= 4 is 46.8 Å². The molecule has 30 heavy (non-hydrogen) atoms. The molecule has 10 heteroatoms. The highest BCUT2D eigenvalue weighted by molar-refractivity contribution is 8.01. The van der Waals surface area contributed by atoms with E-state index in [2.05, 4.69) is 10.6 Å². The van der Waals surface area contributed by atoms with Gasteiger partial charge in [0.25, 0.3) is 5.91 Å². The molecule has 4 N–H and O–H groups in total. The summed E-state index contributed by atoms with van der Waals surface area (Å²) in [5.74, 6) is -0.291. The maximum absolute atomic E-state index is 12.4. The number of amides is 3. The SMILES string of the molecule is COc1cc(CNC(=O)CC2Sc3ccc(Cl)cc3NC2=O)ccc1OCC(N)=O. The molecule has 2 aromatic rings. The van der Waals surface area contributed by atoms with Gasteiger partial charge in [0, 0.05) is 22.9 Å². The van der Waals surface area contributed by atoms with Crippen molar-refractivity contribution in [1.29, 1.82) is 0 Å². The average molecular weight is 450 g/mol. The number of hydrogen-bond acceptors (Lipinski definition) is 6. The van der Waals surface area contributed by atoms with Crippen molar-refractivity contribution in [3.05, 3.63) is 47.0 Å². The lowest BCUT2D eigenvalue weighted by Gasteiger charge is -2.23. The topological polar surface area (TPSA) is 120 Å². The molecule has 0 bridgehead atoms. The molecule has 1 heterocycles. The molecule has 1 aliphatic heterocycles. The summed E-state index contributed by atoms with van der Waals surface area (Å²) in [7, 11) is 1.47. The van der Waals surface area contributed by atoms with E-state index in [0.717, 1.165) is 10.5 Å². The van der Waals surface area contributed by atoms with Gasteiger partial charge in [-0.15, -0.1) is 11.8 Å². The third-order valence-electron chi connectivity index (χ3n) is 4.22. The normalized spacial score (nSPS) is 15.0. The second kappa shape index (κ2) is 9.73. The van der Waals surface area contributed by atoms with E-state index < -0.39 is 11.2 Å². The molecule has 0 aliphatic carbocycles. The Kier molecular flexibility index (Phi) is 7.07. The minimum absolute atomic E-state index is 0.0372. The number of ether oxygens (including phenoxy) is 2. The predicted octanol–water partition coefficient (Wildman–Crippen LogP) is 2.33. The van der Waals surface area contributed by atoms with Gasteiger partial charge in [0.05, 0.1) is 18.0 Å². The van der Waals surface area contributed by atoms with E-state index in [1.165, 1.54) is 18.9 Å². The zero-order chi connectivity index (χ0) is 21.7. The molecular formula is C20H20ClN3O5S. The molecule has 8 nitrogen and oxygen atoms in total. The molecule has 0 aromatic heterocycles. The Labute approximate surface area is 182 Å². The van der Waals surface area contributed by atoms with Crippen LogP contribution in [-0.2, 0) is 20.9 Å². The predicted molar refractivity (Wildman–Crippen MR) is 114 cm³/mol. The Hall–Kier alpha value is -2.91. The van der Waals surface area contributed by atoms with Gasteiger partial charge in [0.2, 0.25) is 11.8 Å². The number of nitrogens with one attached hydrogen (secondary N) is 2. The number of methoxy groups -OCH3 is 1. The minimum atomic E-state index is -0.594. The molecular weight excluding hydrogens is 430 g/mol. The fourth-order valence-electron chi connectivity index (χ4n) is 2.79. The summed E-state index contributed by atoms with van der Waals surface area (Å²) < 4.78 is 10.5. The van der Waals surface area contributed by atoms with E-state index in [1.807, 2.05) is 6.07 Å². The molecule has 0 saturated carbocycles. The number of hydrogen-bond donors (Lipinski definition) is 3. The Balaban J connectivity index is 1.56. The van der Waals surface area contributed by atoms with Gasteiger partial charge in [-0.2, -0.15) is 0 Å². The molecule has 0 radical (unpaired) electrons. The van der Waals surface area contributed by atoms with Gasteiger partial charge in [0.1, 0.15) is 0 Å². The van der Waals surface area contributed by atoms with Crippen LogP contribution in [0.5, 0.6) is 11.5 Å². The molecule has 2 aromatic carbocycles. The molecule has 3 rings (SSSR count). The van der Waals surface area contributed by atoms with E-state index in [9.17, 15) is 14.4 Å². The number of primary amides is 1. The average Bonchev–Trinajstić information content (AvgIpc) is 2.71. The van der Waals surface area contributed by atoms with E-state index in [1.54, 1.807) is 30.3 Å². The molecule has 158 valence electrons. The quantitative estimate of drug-likeness (QED) is 0.569. The lowest BCUT2D eigenvalue weighted by Crippen LogP contribution is -2.34. The number of rotatable bonds is 8. The highest BCUT2D eigenvalue weighted by Gasteiger charge is 2.29. The zero-order valence-electron chi connectivity index (χ0n) is 16.1. The largest absolute Gasteiger partial charge is 0.493 e. The lowest BCUT2D eigenvalue weighted by atomic mass is 10.2. The number of fused-ring (bicyclic) bond motifs is 1. The van der Waals surface area contributed by atoms with Gasteiger partial charge in [-0.1, -0.05) is 17.7 Å². The Bertz CT molecular complexity index is 985. The van der Waals surface area contributed by atoms with Crippen LogP contribution in [0.1, 0.15) is 12.0 Å². The summed E-state index contributed by atoms with van der Waals surface area (Å²) >= 11 is 7.28. The molecule has 0 saturated heterocycles. The fraction of sp³-hybridized carbons (Fsp3) is 0.250. The van der Waals surface area contributed by atoms with Crippen molar-refractivity contribution in [3.8, 4) is 11.5 Å². The van der Waals surface area contributed by atoms with Gasteiger partial charge in [0.15, 0.2) is 18.1 Å². The van der Waals surface area contributed by atoms with Crippen LogP contribution in [0.4, 0.5) is 5.69 Å². The monoisotopic (exact) mass is 449 g/mol. The summed E-state index contributed by atoms with van der Waals surface area (Å²) in [6.45, 7) is -0.0145. The van der Waals surface area contributed by atoms with E-state index >= 15 is 0 Å². The van der Waals surface area contributed by atoms with Gasteiger partial charge >= 0.3 is 0 Å². The third-order valence-corrected chi connectivity index (χ3v) is 5.73.